The van der Waals surface area contributed by atoms with Crippen molar-refractivity contribution < 1.29 is 0 Å². The summed E-state index contributed by atoms with van der Waals surface area (Å²) in [5.41, 5.74) is 2.30. The summed E-state index contributed by atoms with van der Waals surface area (Å²) in [6.45, 7) is 2.03. The first-order valence-electron chi connectivity index (χ1n) is 3.67. The topological polar surface area (TPSA) is 17.8 Å². The van der Waals surface area contributed by atoms with Crippen LogP contribution in [-0.2, 0) is 7.05 Å². The normalized spacial score (nSPS) is 10.7. The molecule has 0 aliphatic heterocycles. The molecule has 1 aromatic heterocycles. The number of para-hydroxylation sites is 1. The van der Waals surface area contributed by atoms with Crippen molar-refractivity contribution in [2.45, 2.75) is 6.92 Å². The molecule has 0 fully saturated rings. The fourth-order valence-electron chi connectivity index (χ4n) is 1.39. The lowest BCUT2D eigenvalue weighted by atomic mass is 10.2. The molecule has 0 aliphatic rings. The molecule has 56 valence electrons. The Morgan fingerprint density at radius 3 is 2.73 bits per heavy atom. The van der Waals surface area contributed by atoms with Crippen LogP contribution in [0.5, 0.6) is 0 Å². The number of hydrogen-bond acceptors (Lipinski definition) is 1. The maximum atomic E-state index is 4.31. The Morgan fingerprint density at radius 1 is 1.27 bits per heavy atom. The van der Waals surface area contributed by atoms with E-state index in [1.54, 1.807) is 0 Å². The highest BCUT2D eigenvalue weighted by molar-refractivity contribution is 5.81. The van der Waals surface area contributed by atoms with E-state index in [4.69, 9.17) is 0 Å². The first kappa shape index (κ1) is 6.40. The van der Waals surface area contributed by atoms with Gasteiger partial charge in [0.15, 0.2) is 0 Å². The van der Waals surface area contributed by atoms with Crippen LogP contribution in [0.4, 0.5) is 0 Å². The van der Waals surface area contributed by atoms with Gasteiger partial charge in [-0.15, -0.1) is 0 Å². The van der Waals surface area contributed by atoms with Crippen LogP contribution in [0.3, 0.4) is 0 Å². The van der Waals surface area contributed by atoms with Gasteiger partial charge in [-0.05, 0) is 13.0 Å². The fourth-order valence-corrected chi connectivity index (χ4v) is 1.39. The molecule has 1 heterocycles. The molecular formula is C9H10N2. The predicted octanol–water partition coefficient (Wildman–Crippen LogP) is 1.88. The van der Waals surface area contributed by atoms with Crippen LogP contribution in [0.15, 0.2) is 24.3 Å². The molecule has 0 bridgehead atoms. The van der Waals surface area contributed by atoms with Gasteiger partial charge in [0, 0.05) is 12.4 Å². The molecule has 2 heteroatoms. The number of aryl methyl sites for hydroxylation is 2. The Morgan fingerprint density at radius 2 is 2.00 bits per heavy atom. The molecule has 2 rings (SSSR count). The van der Waals surface area contributed by atoms with Crippen molar-refractivity contribution in [3.63, 3.8) is 0 Å². The van der Waals surface area contributed by atoms with Gasteiger partial charge >= 0.3 is 0 Å². The number of rotatable bonds is 0. The third-order valence-corrected chi connectivity index (χ3v) is 1.94. The van der Waals surface area contributed by atoms with E-state index < -0.39 is 0 Å². The van der Waals surface area contributed by atoms with Gasteiger partial charge in [-0.2, -0.15) is 5.10 Å². The second kappa shape index (κ2) is 2.09. The van der Waals surface area contributed by atoms with Crippen LogP contribution in [0.2, 0.25) is 0 Å². The van der Waals surface area contributed by atoms with Crippen molar-refractivity contribution in [1.82, 2.24) is 9.78 Å². The van der Waals surface area contributed by atoms with Gasteiger partial charge in [0.25, 0.3) is 0 Å². The molecule has 1 aromatic carbocycles. The van der Waals surface area contributed by atoms with E-state index in [0.29, 0.717) is 0 Å². The molecule has 11 heavy (non-hydrogen) atoms. The minimum absolute atomic E-state index is 1.10. The highest BCUT2D eigenvalue weighted by atomic mass is 15.3. The van der Waals surface area contributed by atoms with Crippen molar-refractivity contribution in [2.75, 3.05) is 0 Å². The van der Waals surface area contributed by atoms with Gasteiger partial charge in [-0.3, -0.25) is 4.68 Å². The highest BCUT2D eigenvalue weighted by Gasteiger charge is 2.00. The van der Waals surface area contributed by atoms with Crippen molar-refractivity contribution in [3.05, 3.63) is 30.0 Å². The van der Waals surface area contributed by atoms with E-state index in [2.05, 4.69) is 17.2 Å². The predicted molar refractivity (Wildman–Crippen MR) is 45.5 cm³/mol. The lowest BCUT2D eigenvalue weighted by molar-refractivity contribution is 0.783. The summed E-state index contributed by atoms with van der Waals surface area (Å²) < 4.78 is 1.91. The largest absolute Gasteiger partial charge is 0.268 e. The second-order valence-corrected chi connectivity index (χ2v) is 2.73. The summed E-state index contributed by atoms with van der Waals surface area (Å²) in [5, 5.41) is 5.55. The van der Waals surface area contributed by atoms with E-state index in [1.807, 2.05) is 30.8 Å². The average Bonchev–Trinajstić information content (AvgIpc) is 2.30. The summed E-state index contributed by atoms with van der Waals surface area (Å²) in [4.78, 5) is 0. The van der Waals surface area contributed by atoms with Crippen LogP contribution in [0.1, 0.15) is 5.69 Å². The lowest BCUT2D eigenvalue weighted by Gasteiger charge is -1.90. The Hall–Kier alpha value is -1.31. The molecule has 2 aromatic rings. The first-order valence-corrected chi connectivity index (χ1v) is 3.67. The summed E-state index contributed by atoms with van der Waals surface area (Å²) in [6.07, 6.45) is 0. The molecule has 0 unspecified atom stereocenters. The fraction of sp³-hybridized carbons (Fsp3) is 0.222. The minimum Gasteiger partial charge on any atom is -0.268 e. The van der Waals surface area contributed by atoms with Crippen molar-refractivity contribution in [1.29, 1.82) is 0 Å². The number of aromatic nitrogens is 2. The highest BCUT2D eigenvalue weighted by Crippen LogP contribution is 2.15. The summed E-state index contributed by atoms with van der Waals surface area (Å²) in [6, 6.07) is 8.24. The summed E-state index contributed by atoms with van der Waals surface area (Å²) in [7, 11) is 1.97. The molecule has 2 nitrogen and oxygen atoms in total. The SMILES string of the molecule is Cc1nn(C)c2ccccc12. The zero-order chi connectivity index (χ0) is 7.84. The molecule has 0 spiro atoms. The summed E-state index contributed by atoms with van der Waals surface area (Å²) in [5.74, 6) is 0. The maximum Gasteiger partial charge on any atom is 0.0681 e. The molecule has 0 radical (unpaired) electrons. The monoisotopic (exact) mass is 146 g/mol. The first-order chi connectivity index (χ1) is 5.29. The smallest absolute Gasteiger partial charge is 0.0681 e. The minimum atomic E-state index is 1.10. The molecule has 0 saturated heterocycles. The number of hydrogen-bond donors (Lipinski definition) is 0. The number of benzene rings is 1. The van der Waals surface area contributed by atoms with Crippen LogP contribution in [-0.4, -0.2) is 9.78 Å². The van der Waals surface area contributed by atoms with Crippen molar-refractivity contribution in [3.8, 4) is 0 Å². The van der Waals surface area contributed by atoms with E-state index in [-0.39, 0.29) is 0 Å². The van der Waals surface area contributed by atoms with Crippen molar-refractivity contribution >= 4 is 10.9 Å². The Kier molecular flexibility index (Phi) is 1.22. The number of nitrogens with zero attached hydrogens (tertiary/aromatic N) is 2. The zero-order valence-electron chi connectivity index (χ0n) is 6.70. The molecule has 0 N–H and O–H groups in total. The van der Waals surface area contributed by atoms with E-state index in [9.17, 15) is 0 Å². The van der Waals surface area contributed by atoms with E-state index >= 15 is 0 Å². The van der Waals surface area contributed by atoms with Gasteiger partial charge in [-0.1, -0.05) is 18.2 Å². The maximum absolute atomic E-state index is 4.31. The standard InChI is InChI=1S/C9H10N2/c1-7-8-5-3-4-6-9(8)11(2)10-7/h3-6H,1-2H3. The molecule has 0 saturated carbocycles. The molecular weight excluding hydrogens is 136 g/mol. The van der Waals surface area contributed by atoms with Gasteiger partial charge in [0.05, 0.1) is 11.2 Å². The van der Waals surface area contributed by atoms with Crippen molar-refractivity contribution in [2.24, 2.45) is 7.05 Å². The molecule has 0 aliphatic carbocycles. The Balaban J connectivity index is 2.95. The van der Waals surface area contributed by atoms with E-state index in [0.717, 1.165) is 5.69 Å². The Labute approximate surface area is 65.5 Å². The average molecular weight is 146 g/mol. The van der Waals surface area contributed by atoms with Gasteiger partial charge in [0.1, 0.15) is 0 Å². The van der Waals surface area contributed by atoms with Gasteiger partial charge in [0.2, 0.25) is 0 Å². The third kappa shape index (κ3) is 0.827. The van der Waals surface area contributed by atoms with Crippen LogP contribution in [0.25, 0.3) is 10.9 Å². The quantitative estimate of drug-likeness (QED) is 0.555. The van der Waals surface area contributed by atoms with E-state index in [1.165, 1.54) is 10.9 Å². The Bertz CT molecular complexity index is 351. The summed E-state index contributed by atoms with van der Waals surface area (Å²) >= 11 is 0. The van der Waals surface area contributed by atoms with Crippen LogP contribution < -0.4 is 0 Å². The van der Waals surface area contributed by atoms with Gasteiger partial charge < -0.3 is 0 Å². The zero-order valence-corrected chi connectivity index (χ0v) is 6.70. The second-order valence-electron chi connectivity index (χ2n) is 2.73. The van der Waals surface area contributed by atoms with Gasteiger partial charge in [-0.25, -0.2) is 0 Å². The lowest BCUT2D eigenvalue weighted by Crippen LogP contribution is -1.88. The third-order valence-electron chi connectivity index (χ3n) is 1.94. The molecule has 0 atom stereocenters. The molecule has 0 amide bonds. The number of fused-ring (bicyclic) bond motifs is 1. The van der Waals surface area contributed by atoms with Crippen LogP contribution >= 0.6 is 0 Å². The van der Waals surface area contributed by atoms with Crippen LogP contribution in [0, 0.1) is 6.92 Å².